The summed E-state index contributed by atoms with van der Waals surface area (Å²) in [5.74, 6) is -1.85. The van der Waals surface area contributed by atoms with Crippen LogP contribution in [0.15, 0.2) is 42.5 Å². The summed E-state index contributed by atoms with van der Waals surface area (Å²) in [5, 5.41) is 3.95. The van der Waals surface area contributed by atoms with Gasteiger partial charge in [0.1, 0.15) is 17.5 Å². The fourth-order valence-corrected chi connectivity index (χ4v) is 5.00. The Morgan fingerprint density at radius 2 is 1.66 bits per heavy atom. The van der Waals surface area contributed by atoms with Crippen molar-refractivity contribution >= 4 is 29.2 Å². The van der Waals surface area contributed by atoms with Crippen molar-refractivity contribution in [1.82, 2.24) is 5.32 Å². The summed E-state index contributed by atoms with van der Waals surface area (Å²) in [5.41, 5.74) is 5.99. The lowest BCUT2D eigenvalue weighted by molar-refractivity contribution is -0.157. The summed E-state index contributed by atoms with van der Waals surface area (Å²) in [4.78, 5) is 13.4. The maximum absolute atomic E-state index is 15.4. The number of carbonyl (C=O) groups excluding carboxylic acids is 1. The van der Waals surface area contributed by atoms with Gasteiger partial charge in [0.15, 0.2) is 0 Å². The molecule has 4 nitrogen and oxygen atoms in total. The molecule has 2 aromatic carbocycles. The van der Waals surface area contributed by atoms with Crippen molar-refractivity contribution in [2.45, 2.75) is 70.7 Å². The van der Waals surface area contributed by atoms with Crippen LogP contribution in [0.25, 0.3) is 0 Å². The van der Waals surface area contributed by atoms with E-state index in [0.717, 1.165) is 5.56 Å². The molecule has 174 valence electrons. The van der Waals surface area contributed by atoms with Crippen LogP contribution in [-0.2, 0) is 15.1 Å². The Labute approximate surface area is 199 Å². The molecule has 2 aromatic rings. The summed E-state index contributed by atoms with van der Waals surface area (Å²) < 4.78 is 21.1. The Morgan fingerprint density at radius 1 is 1.06 bits per heavy atom. The molecule has 0 aromatic heterocycles. The van der Waals surface area contributed by atoms with Crippen LogP contribution in [0.3, 0.4) is 0 Å². The minimum atomic E-state index is -1.16. The molecule has 4 atom stereocenters. The second kappa shape index (κ2) is 8.60. The van der Waals surface area contributed by atoms with E-state index in [1.54, 1.807) is 45.0 Å². The van der Waals surface area contributed by atoms with Gasteiger partial charge in [-0.1, -0.05) is 68.2 Å². The molecule has 0 spiro atoms. The number of nitrogens with two attached hydrogens (primary N) is 1. The van der Waals surface area contributed by atoms with Gasteiger partial charge in [-0.05, 0) is 55.5 Å². The number of esters is 1. The molecule has 1 saturated heterocycles. The van der Waals surface area contributed by atoms with Crippen LogP contribution in [0, 0.1) is 11.2 Å². The summed E-state index contributed by atoms with van der Waals surface area (Å²) >= 11 is 12.3. The third kappa shape index (κ3) is 4.67. The van der Waals surface area contributed by atoms with Crippen LogP contribution >= 0.6 is 23.2 Å². The van der Waals surface area contributed by atoms with E-state index in [4.69, 9.17) is 33.7 Å². The molecule has 0 radical (unpaired) electrons. The van der Waals surface area contributed by atoms with Gasteiger partial charge in [0.2, 0.25) is 0 Å². The second-order valence-corrected chi connectivity index (χ2v) is 11.4. The first-order valence-corrected chi connectivity index (χ1v) is 11.4. The molecule has 3 rings (SSSR count). The number of benzene rings is 2. The Kier molecular flexibility index (Phi) is 6.71. The number of carbonyl (C=O) groups is 1. The van der Waals surface area contributed by atoms with E-state index in [-0.39, 0.29) is 16.0 Å². The zero-order valence-electron chi connectivity index (χ0n) is 19.3. The topological polar surface area (TPSA) is 64.3 Å². The van der Waals surface area contributed by atoms with E-state index in [9.17, 15) is 4.79 Å². The summed E-state index contributed by atoms with van der Waals surface area (Å²) in [6.45, 7) is 11.5. The highest BCUT2D eigenvalue weighted by Gasteiger charge is 2.60. The van der Waals surface area contributed by atoms with Crippen LogP contribution in [0.2, 0.25) is 10.0 Å². The van der Waals surface area contributed by atoms with Crippen molar-refractivity contribution in [2.75, 3.05) is 0 Å². The highest BCUT2D eigenvalue weighted by Crippen LogP contribution is 2.51. The first kappa shape index (κ1) is 25.0. The summed E-state index contributed by atoms with van der Waals surface area (Å²) in [6, 6.07) is 10.7. The van der Waals surface area contributed by atoms with Crippen LogP contribution in [0.1, 0.15) is 58.6 Å². The van der Waals surface area contributed by atoms with Gasteiger partial charge >= 0.3 is 5.97 Å². The van der Waals surface area contributed by atoms with E-state index in [0.29, 0.717) is 5.02 Å². The Bertz CT molecular complexity index is 998. The van der Waals surface area contributed by atoms with Gasteiger partial charge in [-0.25, -0.2) is 4.39 Å². The molecule has 1 heterocycles. The third-order valence-corrected chi connectivity index (χ3v) is 6.40. The molecule has 0 aliphatic carbocycles. The molecular weight excluding hydrogens is 450 g/mol. The Hall–Kier alpha value is -1.66. The Balaban J connectivity index is 2.28. The quantitative estimate of drug-likeness (QED) is 0.544. The van der Waals surface area contributed by atoms with Gasteiger partial charge in [0.05, 0.1) is 10.6 Å². The number of ether oxygens (including phenoxy) is 1. The Morgan fingerprint density at radius 3 is 2.19 bits per heavy atom. The number of hydrogen-bond donors (Lipinski definition) is 2. The fraction of sp³-hybridized carbons (Fsp3) is 0.480. The van der Waals surface area contributed by atoms with Crippen molar-refractivity contribution < 1.29 is 13.9 Å². The van der Waals surface area contributed by atoms with Crippen LogP contribution in [-0.4, -0.2) is 23.7 Å². The number of hydrogen-bond acceptors (Lipinski definition) is 4. The predicted octanol–water partition coefficient (Wildman–Crippen LogP) is 5.80. The molecule has 0 bridgehead atoms. The average molecular weight is 481 g/mol. The zero-order chi connectivity index (χ0) is 24.1. The van der Waals surface area contributed by atoms with Crippen molar-refractivity contribution in [3.05, 3.63) is 69.5 Å². The first-order chi connectivity index (χ1) is 14.7. The number of rotatable bonds is 3. The van der Waals surface area contributed by atoms with E-state index < -0.39 is 40.9 Å². The molecule has 1 aliphatic heterocycles. The van der Waals surface area contributed by atoms with E-state index in [1.807, 2.05) is 32.9 Å². The third-order valence-electron chi connectivity index (χ3n) is 5.86. The lowest BCUT2D eigenvalue weighted by Crippen LogP contribution is -2.56. The highest BCUT2D eigenvalue weighted by molar-refractivity contribution is 6.31. The van der Waals surface area contributed by atoms with Crippen LogP contribution in [0.5, 0.6) is 0 Å². The molecule has 4 unspecified atom stereocenters. The normalized spacial score (nSPS) is 26.2. The van der Waals surface area contributed by atoms with Crippen LogP contribution in [0.4, 0.5) is 4.39 Å². The monoisotopic (exact) mass is 480 g/mol. The summed E-state index contributed by atoms with van der Waals surface area (Å²) in [7, 11) is 0. The second-order valence-electron chi connectivity index (χ2n) is 10.5. The SMILES string of the molecule is CC(C)(C)OC(=O)C1NC(C(C)(C)C)C(N)(c2ccc(Cl)cc2)C1c1cccc(Cl)c1F. The molecule has 32 heavy (non-hydrogen) atoms. The van der Waals surface area contributed by atoms with Gasteiger partial charge in [-0.3, -0.25) is 10.1 Å². The van der Waals surface area contributed by atoms with Crippen molar-refractivity contribution in [3.63, 3.8) is 0 Å². The number of nitrogens with one attached hydrogen (secondary N) is 1. The van der Waals surface area contributed by atoms with Gasteiger partial charge in [-0.15, -0.1) is 0 Å². The largest absolute Gasteiger partial charge is 0.459 e. The van der Waals surface area contributed by atoms with E-state index >= 15 is 4.39 Å². The molecule has 3 N–H and O–H groups in total. The van der Waals surface area contributed by atoms with Crippen LogP contribution < -0.4 is 11.1 Å². The van der Waals surface area contributed by atoms with Gasteiger partial charge in [0.25, 0.3) is 0 Å². The average Bonchev–Trinajstić information content (AvgIpc) is 2.98. The van der Waals surface area contributed by atoms with Crippen molar-refractivity contribution in [1.29, 1.82) is 0 Å². The molecule has 0 amide bonds. The lowest BCUT2D eigenvalue weighted by Gasteiger charge is -2.43. The molecular formula is C25H31Cl2FN2O2. The standard InChI is InChI=1S/C25H31Cl2FN2O2/c1-23(2,3)22-25(29,14-10-12-15(26)13-11-14)18(16-8-7-9-17(27)19(16)28)20(30-22)21(31)32-24(4,5)6/h7-13,18,20,22,30H,29H2,1-6H3. The van der Waals surface area contributed by atoms with Crippen molar-refractivity contribution in [3.8, 4) is 0 Å². The fourth-order valence-electron chi connectivity index (χ4n) is 4.69. The maximum atomic E-state index is 15.4. The maximum Gasteiger partial charge on any atom is 0.324 e. The molecule has 0 saturated carbocycles. The van der Waals surface area contributed by atoms with Crippen molar-refractivity contribution in [2.24, 2.45) is 11.1 Å². The lowest BCUT2D eigenvalue weighted by atomic mass is 9.65. The molecule has 7 heteroatoms. The highest BCUT2D eigenvalue weighted by atomic mass is 35.5. The predicted molar refractivity (Wildman–Crippen MR) is 127 cm³/mol. The number of halogens is 3. The smallest absolute Gasteiger partial charge is 0.324 e. The summed E-state index contributed by atoms with van der Waals surface area (Å²) in [6.07, 6.45) is 0. The first-order valence-electron chi connectivity index (χ1n) is 10.6. The minimum absolute atomic E-state index is 0.0249. The van der Waals surface area contributed by atoms with Gasteiger partial charge < -0.3 is 10.5 Å². The van der Waals surface area contributed by atoms with Gasteiger partial charge in [0, 0.05) is 17.0 Å². The molecule has 1 fully saturated rings. The van der Waals surface area contributed by atoms with Gasteiger partial charge in [-0.2, -0.15) is 0 Å². The molecule has 1 aliphatic rings. The minimum Gasteiger partial charge on any atom is -0.459 e. The van der Waals surface area contributed by atoms with E-state index in [1.165, 1.54) is 6.07 Å². The zero-order valence-corrected chi connectivity index (χ0v) is 20.8. The van der Waals surface area contributed by atoms with E-state index in [2.05, 4.69) is 5.32 Å².